The third-order valence-corrected chi connectivity index (χ3v) is 6.44. The molecule has 3 heterocycles. The molecular weight excluding hydrogens is 522 g/mol. The van der Waals surface area contributed by atoms with Crippen molar-refractivity contribution >= 4 is 17.5 Å². The Kier molecular flexibility index (Phi) is 8.00. The molecule has 1 aliphatic carbocycles. The average Bonchev–Trinajstić information content (AvgIpc) is 3.36. The monoisotopic (exact) mass is 545 g/mol. The van der Waals surface area contributed by atoms with Gasteiger partial charge >= 0.3 is 18.3 Å². The number of nitrogens with one attached hydrogen (secondary N) is 1. The molecule has 2 fully saturated rings. The standard InChI is InChI=1S/C19H22F5N5O.C2HF3O2/c20-18(21)3-1-11(2-4-18)16(25)14-9-29-15(28-14)6-10(7-27-29)5-12-13(19(22,23)24)8-26-17(12)30;3-2(4,5)1(6)7/h6-7,9,11-13,16H,1-5,8,25H2,(H,26,30);(H,6,7)/t12?,13?,16-;/m0./s1. The summed E-state index contributed by atoms with van der Waals surface area (Å²) < 4.78 is 99.5. The fraction of sp³-hybridized carbons (Fsp3) is 0.619. The number of fused-ring (bicyclic) bond motifs is 1. The molecule has 8 nitrogen and oxygen atoms in total. The summed E-state index contributed by atoms with van der Waals surface area (Å²) >= 11 is 0. The molecule has 1 aliphatic heterocycles. The van der Waals surface area contributed by atoms with E-state index in [-0.39, 0.29) is 25.2 Å². The van der Waals surface area contributed by atoms with Gasteiger partial charge in [-0.3, -0.25) is 4.79 Å². The lowest BCUT2D eigenvalue weighted by atomic mass is 9.81. The lowest BCUT2D eigenvalue weighted by Crippen LogP contribution is -2.31. The van der Waals surface area contributed by atoms with Crippen molar-refractivity contribution in [1.82, 2.24) is 19.9 Å². The molecule has 1 saturated heterocycles. The Balaban J connectivity index is 0.000000479. The maximum Gasteiger partial charge on any atom is 0.490 e. The van der Waals surface area contributed by atoms with Crippen molar-refractivity contribution in [2.24, 2.45) is 23.5 Å². The summed E-state index contributed by atoms with van der Waals surface area (Å²) in [4.78, 5) is 25.2. The number of carboxylic acids is 1. The molecule has 2 aromatic heterocycles. The number of carbonyl (C=O) groups excluding carboxylic acids is 1. The van der Waals surface area contributed by atoms with Gasteiger partial charge in [0.15, 0.2) is 5.65 Å². The second-order valence-electron chi connectivity index (χ2n) is 9.06. The summed E-state index contributed by atoms with van der Waals surface area (Å²) in [7, 11) is 0. The van der Waals surface area contributed by atoms with Gasteiger partial charge in [-0.1, -0.05) is 0 Å². The first-order valence-electron chi connectivity index (χ1n) is 11.1. The molecule has 37 heavy (non-hydrogen) atoms. The highest BCUT2D eigenvalue weighted by molar-refractivity contribution is 5.81. The van der Waals surface area contributed by atoms with Gasteiger partial charge in [0.05, 0.1) is 36.0 Å². The van der Waals surface area contributed by atoms with E-state index in [9.17, 15) is 39.9 Å². The lowest BCUT2D eigenvalue weighted by molar-refractivity contribution is -0.192. The molecule has 1 saturated carbocycles. The second kappa shape index (κ2) is 10.4. The fourth-order valence-corrected chi connectivity index (χ4v) is 4.37. The van der Waals surface area contributed by atoms with Gasteiger partial charge in [0.25, 0.3) is 0 Å². The quantitative estimate of drug-likeness (QED) is 0.505. The van der Waals surface area contributed by atoms with Crippen LogP contribution in [0, 0.1) is 17.8 Å². The van der Waals surface area contributed by atoms with E-state index in [0.29, 0.717) is 29.7 Å². The van der Waals surface area contributed by atoms with Gasteiger partial charge in [-0.2, -0.15) is 31.4 Å². The van der Waals surface area contributed by atoms with Crippen LogP contribution in [0.25, 0.3) is 5.65 Å². The van der Waals surface area contributed by atoms with Crippen molar-refractivity contribution in [3.63, 3.8) is 0 Å². The van der Waals surface area contributed by atoms with Crippen LogP contribution in [0.15, 0.2) is 18.5 Å². The van der Waals surface area contributed by atoms with Gasteiger partial charge in [0.2, 0.25) is 11.8 Å². The van der Waals surface area contributed by atoms with Crippen LogP contribution in [0.3, 0.4) is 0 Å². The van der Waals surface area contributed by atoms with Gasteiger partial charge in [0, 0.05) is 19.4 Å². The first-order valence-corrected chi connectivity index (χ1v) is 11.1. The molecule has 3 atom stereocenters. The first-order chi connectivity index (χ1) is 17.0. The van der Waals surface area contributed by atoms with Gasteiger partial charge in [-0.15, -0.1) is 0 Å². The molecule has 0 spiro atoms. The number of hydrogen-bond donors (Lipinski definition) is 3. The number of aromatic nitrogens is 3. The van der Waals surface area contributed by atoms with Gasteiger partial charge in [-0.25, -0.2) is 23.1 Å². The van der Waals surface area contributed by atoms with Crippen molar-refractivity contribution in [1.29, 1.82) is 0 Å². The van der Waals surface area contributed by atoms with Crippen LogP contribution in [0.1, 0.15) is 43.0 Å². The molecule has 16 heteroatoms. The second-order valence-corrected chi connectivity index (χ2v) is 9.06. The van der Waals surface area contributed by atoms with E-state index in [4.69, 9.17) is 15.6 Å². The lowest BCUT2D eigenvalue weighted by Gasteiger charge is -2.31. The van der Waals surface area contributed by atoms with Crippen LogP contribution in [0.2, 0.25) is 0 Å². The molecule has 206 valence electrons. The van der Waals surface area contributed by atoms with E-state index < -0.39 is 54.6 Å². The highest BCUT2D eigenvalue weighted by atomic mass is 19.4. The molecule has 1 amide bonds. The van der Waals surface area contributed by atoms with E-state index in [0.717, 1.165) is 0 Å². The van der Waals surface area contributed by atoms with Crippen LogP contribution in [0.4, 0.5) is 35.1 Å². The first kappa shape index (κ1) is 28.5. The van der Waals surface area contributed by atoms with Crippen molar-refractivity contribution in [2.75, 3.05) is 6.54 Å². The smallest absolute Gasteiger partial charge is 0.475 e. The number of imidazole rings is 1. The summed E-state index contributed by atoms with van der Waals surface area (Å²) in [6.07, 6.45) is -6.44. The predicted molar refractivity (Wildman–Crippen MR) is 110 cm³/mol. The molecule has 4 rings (SSSR count). The van der Waals surface area contributed by atoms with Crippen molar-refractivity contribution in [3.05, 3.63) is 29.7 Å². The molecule has 2 aromatic rings. The van der Waals surface area contributed by atoms with Crippen LogP contribution < -0.4 is 11.1 Å². The summed E-state index contributed by atoms with van der Waals surface area (Å²) in [6.45, 7) is -0.425. The SMILES string of the molecule is N[C@H](c1cn2ncc(CC3C(=O)NCC3C(F)(F)F)cc2n1)C1CCC(F)(F)CC1.O=C(O)C(F)(F)F. The minimum absolute atomic E-state index is 0.106. The largest absolute Gasteiger partial charge is 0.490 e. The molecular formula is C21H23F8N5O3. The zero-order chi connectivity index (χ0) is 27.8. The van der Waals surface area contributed by atoms with Crippen molar-refractivity contribution < 1.29 is 49.8 Å². The average molecular weight is 545 g/mol. The zero-order valence-corrected chi connectivity index (χ0v) is 19.0. The third-order valence-electron chi connectivity index (χ3n) is 6.44. The highest BCUT2D eigenvalue weighted by Crippen LogP contribution is 2.40. The topological polar surface area (TPSA) is 123 Å². The highest BCUT2D eigenvalue weighted by Gasteiger charge is 2.50. The summed E-state index contributed by atoms with van der Waals surface area (Å²) in [6, 6.07) is 1.05. The van der Waals surface area contributed by atoms with Crippen molar-refractivity contribution in [3.8, 4) is 0 Å². The minimum Gasteiger partial charge on any atom is -0.475 e. The van der Waals surface area contributed by atoms with Crippen LogP contribution in [0.5, 0.6) is 0 Å². The number of carboxylic acid groups (broad SMARTS) is 1. The van der Waals surface area contributed by atoms with Crippen LogP contribution in [-0.2, 0) is 16.0 Å². The Morgan fingerprint density at radius 1 is 1.22 bits per heavy atom. The zero-order valence-electron chi connectivity index (χ0n) is 19.0. The number of nitrogens with zero attached hydrogens (tertiary/aromatic N) is 3. The Hall–Kier alpha value is -3.04. The molecule has 0 aromatic carbocycles. The maximum absolute atomic E-state index is 13.4. The van der Waals surface area contributed by atoms with E-state index in [2.05, 4.69) is 15.4 Å². The number of amides is 1. The van der Waals surface area contributed by atoms with Crippen LogP contribution in [-0.4, -0.2) is 56.4 Å². The number of alkyl halides is 8. The molecule has 0 bridgehead atoms. The van der Waals surface area contributed by atoms with E-state index in [1.807, 2.05) is 0 Å². The Bertz CT molecular complexity index is 1120. The van der Waals surface area contributed by atoms with E-state index in [1.54, 1.807) is 12.3 Å². The van der Waals surface area contributed by atoms with Gasteiger partial charge in [0.1, 0.15) is 0 Å². The Morgan fingerprint density at radius 2 is 1.81 bits per heavy atom. The number of rotatable bonds is 4. The van der Waals surface area contributed by atoms with Crippen LogP contribution >= 0.6 is 0 Å². The van der Waals surface area contributed by atoms with Gasteiger partial charge < -0.3 is 16.2 Å². The predicted octanol–water partition coefficient (Wildman–Crippen LogP) is 3.65. The number of halogens is 8. The fourth-order valence-electron chi connectivity index (χ4n) is 4.37. The Labute approximate surface area is 204 Å². The number of nitrogens with two attached hydrogens (primary N) is 1. The summed E-state index contributed by atoms with van der Waals surface area (Å²) in [5.74, 6) is -9.11. The van der Waals surface area contributed by atoms with Gasteiger partial charge in [-0.05, 0) is 36.8 Å². The summed E-state index contributed by atoms with van der Waals surface area (Å²) in [5, 5.41) is 13.6. The number of aliphatic carboxylic acids is 1. The van der Waals surface area contributed by atoms with Crippen molar-refractivity contribution in [2.45, 2.75) is 56.4 Å². The molecule has 2 aliphatic rings. The third kappa shape index (κ3) is 7.05. The molecule has 4 N–H and O–H groups in total. The van der Waals surface area contributed by atoms with E-state index >= 15 is 0 Å². The van der Waals surface area contributed by atoms with E-state index in [1.165, 1.54) is 10.7 Å². The Morgan fingerprint density at radius 3 is 2.35 bits per heavy atom. The number of carbonyl (C=O) groups is 2. The normalized spacial score (nSPS) is 23.3. The minimum atomic E-state index is -5.08. The maximum atomic E-state index is 13.4. The number of hydrogen-bond acceptors (Lipinski definition) is 5. The molecule has 2 unspecified atom stereocenters. The summed E-state index contributed by atoms with van der Waals surface area (Å²) in [5.41, 5.74) is 7.60. The molecule has 0 radical (unpaired) electrons.